The number of amides is 2. The van der Waals surface area contributed by atoms with E-state index in [0.29, 0.717) is 19.4 Å². The molecule has 1 N–H and O–H groups in total. The first kappa shape index (κ1) is 15.7. The van der Waals surface area contributed by atoms with Crippen LogP contribution in [0.1, 0.15) is 23.3 Å². The topological polar surface area (TPSA) is 49.4 Å². The fourth-order valence-electron chi connectivity index (χ4n) is 2.74. The quantitative estimate of drug-likeness (QED) is 0.886. The van der Waals surface area contributed by atoms with Crippen molar-refractivity contribution in [2.75, 3.05) is 18.0 Å². The lowest BCUT2D eigenvalue weighted by Gasteiger charge is -2.15. The van der Waals surface area contributed by atoms with Gasteiger partial charge in [-0.3, -0.25) is 9.59 Å². The molecule has 0 unspecified atom stereocenters. The first-order chi connectivity index (χ1) is 11.2. The molecule has 1 aliphatic rings. The predicted octanol–water partition coefficient (Wildman–Crippen LogP) is 2.78. The molecule has 0 atom stereocenters. The summed E-state index contributed by atoms with van der Waals surface area (Å²) in [5.41, 5.74) is 1.89. The Balaban J connectivity index is 1.47. The van der Waals surface area contributed by atoms with E-state index in [-0.39, 0.29) is 11.8 Å². The van der Waals surface area contributed by atoms with E-state index in [9.17, 15) is 9.59 Å². The summed E-state index contributed by atoms with van der Waals surface area (Å²) in [6, 6.07) is 11.8. The Morgan fingerprint density at radius 1 is 1.22 bits per heavy atom. The van der Waals surface area contributed by atoms with Crippen LogP contribution in [0.15, 0.2) is 41.8 Å². The second kappa shape index (κ2) is 7.42. The maximum atomic E-state index is 12.0. The minimum Gasteiger partial charge on any atom is -0.355 e. The second-order valence-electron chi connectivity index (χ2n) is 5.67. The zero-order chi connectivity index (χ0) is 16.1. The first-order valence-electron chi connectivity index (χ1n) is 7.91. The normalized spacial score (nSPS) is 14.3. The minimum absolute atomic E-state index is 0.0338. The smallest absolute Gasteiger partial charge is 0.227 e. The Bertz CT molecular complexity index is 665. The lowest BCUT2D eigenvalue weighted by Crippen LogP contribution is -2.27. The average molecular weight is 328 g/mol. The molecule has 1 saturated heterocycles. The number of carbonyl (C=O) groups is 2. The molecule has 0 bridgehead atoms. The summed E-state index contributed by atoms with van der Waals surface area (Å²) in [6.45, 7) is 1.46. The number of hydrogen-bond acceptors (Lipinski definition) is 3. The van der Waals surface area contributed by atoms with E-state index in [1.807, 2.05) is 40.6 Å². The van der Waals surface area contributed by atoms with Crippen molar-refractivity contribution in [3.05, 3.63) is 52.2 Å². The summed E-state index contributed by atoms with van der Waals surface area (Å²) in [6.07, 6.45) is 2.81. The van der Waals surface area contributed by atoms with Crippen LogP contribution in [0.25, 0.3) is 0 Å². The molecular weight excluding hydrogens is 308 g/mol. The van der Waals surface area contributed by atoms with E-state index in [1.165, 1.54) is 4.88 Å². The molecule has 23 heavy (non-hydrogen) atoms. The van der Waals surface area contributed by atoms with Crippen LogP contribution in [-0.2, 0) is 22.4 Å². The van der Waals surface area contributed by atoms with E-state index < -0.39 is 0 Å². The number of anilines is 1. The van der Waals surface area contributed by atoms with Gasteiger partial charge in [-0.15, -0.1) is 11.3 Å². The average Bonchev–Trinajstić information content (AvgIpc) is 3.20. The van der Waals surface area contributed by atoms with E-state index in [0.717, 1.165) is 30.6 Å². The van der Waals surface area contributed by atoms with Crippen molar-refractivity contribution < 1.29 is 9.59 Å². The molecule has 2 amide bonds. The summed E-state index contributed by atoms with van der Waals surface area (Å²) >= 11 is 1.71. The molecule has 1 fully saturated rings. The molecule has 1 aromatic carbocycles. The SMILES string of the molecule is O=C(Cc1ccc(N2CCCC2=O)cc1)NCCc1cccs1. The van der Waals surface area contributed by atoms with Crippen molar-refractivity contribution in [3.63, 3.8) is 0 Å². The number of carbonyl (C=O) groups excluding carboxylic acids is 2. The predicted molar refractivity (Wildman–Crippen MR) is 92.8 cm³/mol. The van der Waals surface area contributed by atoms with Crippen LogP contribution < -0.4 is 10.2 Å². The van der Waals surface area contributed by atoms with Crippen molar-refractivity contribution in [1.29, 1.82) is 0 Å². The zero-order valence-electron chi connectivity index (χ0n) is 13.0. The molecule has 2 aromatic rings. The Morgan fingerprint density at radius 2 is 2.04 bits per heavy atom. The van der Waals surface area contributed by atoms with Gasteiger partial charge in [0.25, 0.3) is 0 Å². The molecule has 1 aromatic heterocycles. The molecule has 2 heterocycles. The van der Waals surface area contributed by atoms with Gasteiger partial charge in [-0.1, -0.05) is 18.2 Å². The van der Waals surface area contributed by atoms with Crippen LogP contribution in [0.5, 0.6) is 0 Å². The Kier molecular flexibility index (Phi) is 5.08. The van der Waals surface area contributed by atoms with Crippen molar-refractivity contribution in [3.8, 4) is 0 Å². The van der Waals surface area contributed by atoms with Crippen LogP contribution in [0, 0.1) is 0 Å². The van der Waals surface area contributed by atoms with Gasteiger partial charge in [0.15, 0.2) is 0 Å². The van der Waals surface area contributed by atoms with Crippen LogP contribution >= 0.6 is 11.3 Å². The number of nitrogens with zero attached hydrogens (tertiary/aromatic N) is 1. The molecule has 120 valence electrons. The molecule has 3 rings (SSSR count). The third kappa shape index (κ3) is 4.20. The number of rotatable bonds is 6. The Labute approximate surface area is 140 Å². The fourth-order valence-corrected chi connectivity index (χ4v) is 3.45. The lowest BCUT2D eigenvalue weighted by atomic mass is 10.1. The van der Waals surface area contributed by atoms with Crippen LogP contribution in [-0.4, -0.2) is 24.9 Å². The molecule has 0 aliphatic carbocycles. The minimum atomic E-state index is 0.0338. The van der Waals surface area contributed by atoms with Crippen molar-refractivity contribution >= 4 is 28.8 Å². The maximum Gasteiger partial charge on any atom is 0.227 e. The molecule has 0 spiro atoms. The molecule has 5 heteroatoms. The van der Waals surface area contributed by atoms with Gasteiger partial charge < -0.3 is 10.2 Å². The van der Waals surface area contributed by atoms with E-state index in [2.05, 4.69) is 11.4 Å². The third-order valence-electron chi connectivity index (χ3n) is 3.96. The van der Waals surface area contributed by atoms with Crippen LogP contribution in [0.4, 0.5) is 5.69 Å². The molecule has 0 radical (unpaired) electrons. The Morgan fingerprint density at radius 3 is 2.70 bits per heavy atom. The van der Waals surface area contributed by atoms with Gasteiger partial charge in [-0.05, 0) is 42.0 Å². The van der Waals surface area contributed by atoms with Crippen molar-refractivity contribution in [2.45, 2.75) is 25.7 Å². The fraction of sp³-hybridized carbons (Fsp3) is 0.333. The summed E-state index contributed by atoms with van der Waals surface area (Å²) in [5, 5.41) is 4.99. The standard InChI is InChI=1S/C18H20N2O2S/c21-17(19-10-9-16-3-2-12-23-16)13-14-5-7-15(8-6-14)20-11-1-4-18(20)22/h2-3,5-8,12H,1,4,9-11,13H2,(H,19,21). The first-order valence-corrected chi connectivity index (χ1v) is 8.79. The Hall–Kier alpha value is -2.14. The highest BCUT2D eigenvalue weighted by Crippen LogP contribution is 2.21. The largest absolute Gasteiger partial charge is 0.355 e. The maximum absolute atomic E-state index is 12.0. The number of thiophene rings is 1. The van der Waals surface area contributed by atoms with Crippen LogP contribution in [0.2, 0.25) is 0 Å². The number of benzene rings is 1. The molecule has 4 nitrogen and oxygen atoms in total. The van der Waals surface area contributed by atoms with Gasteiger partial charge in [-0.2, -0.15) is 0 Å². The van der Waals surface area contributed by atoms with Crippen molar-refractivity contribution in [2.24, 2.45) is 0 Å². The van der Waals surface area contributed by atoms with Crippen molar-refractivity contribution in [1.82, 2.24) is 5.32 Å². The number of hydrogen-bond donors (Lipinski definition) is 1. The van der Waals surface area contributed by atoms with Gasteiger partial charge in [0, 0.05) is 30.1 Å². The van der Waals surface area contributed by atoms with Gasteiger partial charge >= 0.3 is 0 Å². The van der Waals surface area contributed by atoms with Gasteiger partial charge in [0.1, 0.15) is 0 Å². The van der Waals surface area contributed by atoms with Gasteiger partial charge in [0.2, 0.25) is 11.8 Å². The lowest BCUT2D eigenvalue weighted by molar-refractivity contribution is -0.120. The highest BCUT2D eigenvalue weighted by atomic mass is 32.1. The monoisotopic (exact) mass is 328 g/mol. The molecule has 1 aliphatic heterocycles. The second-order valence-corrected chi connectivity index (χ2v) is 6.70. The highest BCUT2D eigenvalue weighted by Gasteiger charge is 2.21. The summed E-state index contributed by atoms with van der Waals surface area (Å²) in [4.78, 5) is 26.8. The summed E-state index contributed by atoms with van der Waals surface area (Å²) in [5.74, 6) is 0.218. The van der Waals surface area contributed by atoms with E-state index >= 15 is 0 Å². The molecular formula is C18H20N2O2S. The zero-order valence-corrected chi connectivity index (χ0v) is 13.8. The summed E-state index contributed by atoms with van der Waals surface area (Å²) < 4.78 is 0. The summed E-state index contributed by atoms with van der Waals surface area (Å²) in [7, 11) is 0. The van der Waals surface area contributed by atoms with Crippen LogP contribution in [0.3, 0.4) is 0 Å². The highest BCUT2D eigenvalue weighted by molar-refractivity contribution is 7.09. The van der Waals surface area contributed by atoms with Gasteiger partial charge in [-0.25, -0.2) is 0 Å². The van der Waals surface area contributed by atoms with E-state index in [4.69, 9.17) is 0 Å². The molecule has 0 saturated carbocycles. The van der Waals surface area contributed by atoms with E-state index in [1.54, 1.807) is 11.3 Å². The third-order valence-corrected chi connectivity index (χ3v) is 4.90. The van der Waals surface area contributed by atoms with Gasteiger partial charge in [0.05, 0.1) is 6.42 Å². The number of nitrogens with one attached hydrogen (secondary N) is 1.